The molecule has 0 aliphatic heterocycles. The minimum atomic E-state index is 0.440. The van der Waals surface area contributed by atoms with Crippen LogP contribution >= 0.6 is 22.6 Å². The highest BCUT2D eigenvalue weighted by atomic mass is 127. The monoisotopic (exact) mass is 292 g/mol. The highest BCUT2D eigenvalue weighted by Gasteiger charge is 2.14. The number of benzene rings is 1. The minimum Gasteiger partial charge on any atom is -0.398 e. The Labute approximate surface area is 90.8 Å². The van der Waals surface area contributed by atoms with Gasteiger partial charge in [0.15, 0.2) is 0 Å². The number of nitrogens with two attached hydrogens (primary N) is 4. The average molecular weight is 292 g/mol. The molecular weight excluding hydrogens is 279 g/mol. The van der Waals surface area contributed by atoms with Gasteiger partial charge in [-0.15, -0.1) is 0 Å². The van der Waals surface area contributed by atoms with Gasteiger partial charge in [-0.1, -0.05) is 6.92 Å². The van der Waals surface area contributed by atoms with Gasteiger partial charge in [-0.25, -0.2) is 0 Å². The Kier molecular flexibility index (Phi) is 2.74. The Hall–Kier alpha value is -0.850. The maximum Gasteiger partial charge on any atom is 0.0796 e. The summed E-state index contributed by atoms with van der Waals surface area (Å²) in [5, 5.41) is 0. The van der Waals surface area contributed by atoms with Crippen molar-refractivity contribution >= 4 is 45.3 Å². The molecule has 0 aliphatic carbocycles. The highest BCUT2D eigenvalue weighted by Crippen LogP contribution is 2.37. The van der Waals surface area contributed by atoms with Gasteiger partial charge in [-0.2, -0.15) is 0 Å². The van der Waals surface area contributed by atoms with Crippen LogP contribution in [-0.2, 0) is 6.42 Å². The molecular formula is C8H13IN4. The van der Waals surface area contributed by atoms with Gasteiger partial charge in [0.05, 0.1) is 26.3 Å². The van der Waals surface area contributed by atoms with E-state index in [1.165, 1.54) is 0 Å². The topological polar surface area (TPSA) is 104 Å². The highest BCUT2D eigenvalue weighted by molar-refractivity contribution is 14.1. The van der Waals surface area contributed by atoms with E-state index in [0.29, 0.717) is 22.7 Å². The lowest BCUT2D eigenvalue weighted by Gasteiger charge is -2.14. The van der Waals surface area contributed by atoms with Gasteiger partial charge in [-0.3, -0.25) is 0 Å². The zero-order valence-electron chi connectivity index (χ0n) is 7.39. The van der Waals surface area contributed by atoms with Crippen LogP contribution in [0.3, 0.4) is 0 Å². The van der Waals surface area contributed by atoms with Crippen LogP contribution in [0, 0.1) is 3.57 Å². The van der Waals surface area contributed by atoms with Crippen molar-refractivity contribution in [2.45, 2.75) is 13.3 Å². The normalized spacial score (nSPS) is 10.3. The number of anilines is 4. The molecule has 1 aromatic rings. The zero-order valence-corrected chi connectivity index (χ0v) is 9.55. The molecule has 0 radical (unpaired) electrons. The van der Waals surface area contributed by atoms with Gasteiger partial charge in [0.2, 0.25) is 0 Å². The molecule has 0 atom stereocenters. The second-order valence-electron chi connectivity index (χ2n) is 2.80. The summed E-state index contributed by atoms with van der Waals surface area (Å²) in [4.78, 5) is 0. The summed E-state index contributed by atoms with van der Waals surface area (Å²) in [7, 11) is 0. The first kappa shape index (κ1) is 10.2. The molecule has 4 nitrogen and oxygen atoms in total. The maximum absolute atomic E-state index is 5.84. The van der Waals surface area contributed by atoms with E-state index in [9.17, 15) is 0 Å². The molecule has 0 amide bonds. The van der Waals surface area contributed by atoms with Crippen LogP contribution in [0.15, 0.2) is 0 Å². The fourth-order valence-electron chi connectivity index (χ4n) is 1.23. The molecule has 1 aromatic carbocycles. The van der Waals surface area contributed by atoms with Gasteiger partial charge < -0.3 is 22.9 Å². The number of rotatable bonds is 1. The first-order valence-corrected chi connectivity index (χ1v) is 4.98. The number of hydrogen-bond donors (Lipinski definition) is 4. The fraction of sp³-hybridized carbons (Fsp3) is 0.250. The van der Waals surface area contributed by atoms with E-state index < -0.39 is 0 Å². The van der Waals surface area contributed by atoms with Crippen molar-refractivity contribution in [3.8, 4) is 0 Å². The molecule has 5 heteroatoms. The summed E-state index contributed by atoms with van der Waals surface area (Å²) in [5.74, 6) is 0. The van der Waals surface area contributed by atoms with Crippen LogP contribution in [0.5, 0.6) is 0 Å². The van der Waals surface area contributed by atoms with Crippen LogP contribution in [0.1, 0.15) is 12.5 Å². The third kappa shape index (κ3) is 1.48. The zero-order chi connectivity index (χ0) is 10.2. The molecule has 0 heterocycles. The number of hydrogen-bond acceptors (Lipinski definition) is 4. The first-order chi connectivity index (χ1) is 6.00. The standard InChI is InChI=1S/C8H13IN4/c1-2-3-5(10)4(9)7(12)8(13)6(3)11/h2,10-13H2,1H3. The molecule has 1 rings (SSSR count). The van der Waals surface area contributed by atoms with Crippen LogP contribution in [0.25, 0.3) is 0 Å². The first-order valence-electron chi connectivity index (χ1n) is 3.90. The maximum atomic E-state index is 5.84. The Bertz CT molecular complexity index is 319. The van der Waals surface area contributed by atoms with E-state index in [0.717, 1.165) is 15.6 Å². The van der Waals surface area contributed by atoms with Crippen molar-refractivity contribution < 1.29 is 0 Å². The molecule has 0 saturated carbocycles. The van der Waals surface area contributed by atoms with Gasteiger partial charge >= 0.3 is 0 Å². The van der Waals surface area contributed by atoms with Gasteiger partial charge in [0.25, 0.3) is 0 Å². The Morgan fingerprint density at radius 3 is 1.92 bits per heavy atom. The van der Waals surface area contributed by atoms with E-state index in [1.54, 1.807) is 0 Å². The van der Waals surface area contributed by atoms with E-state index in [2.05, 4.69) is 22.6 Å². The molecule has 72 valence electrons. The van der Waals surface area contributed by atoms with Crippen LogP contribution < -0.4 is 22.9 Å². The SMILES string of the molecule is CCc1c(N)c(N)c(N)c(I)c1N. The molecule has 0 saturated heterocycles. The van der Waals surface area contributed by atoms with Gasteiger partial charge in [0.1, 0.15) is 0 Å². The van der Waals surface area contributed by atoms with Crippen molar-refractivity contribution in [3.63, 3.8) is 0 Å². The van der Waals surface area contributed by atoms with E-state index in [1.807, 2.05) is 6.92 Å². The van der Waals surface area contributed by atoms with Crippen LogP contribution in [-0.4, -0.2) is 0 Å². The van der Waals surface area contributed by atoms with Crippen molar-refractivity contribution in [3.05, 3.63) is 9.13 Å². The second kappa shape index (κ2) is 3.49. The second-order valence-corrected chi connectivity index (χ2v) is 3.88. The Morgan fingerprint density at radius 2 is 1.46 bits per heavy atom. The molecule has 0 aliphatic rings. The lowest BCUT2D eigenvalue weighted by molar-refractivity contribution is 1.15. The van der Waals surface area contributed by atoms with Crippen LogP contribution in [0.4, 0.5) is 22.7 Å². The summed E-state index contributed by atoms with van der Waals surface area (Å²) in [5.41, 5.74) is 26.0. The smallest absolute Gasteiger partial charge is 0.0796 e. The average Bonchev–Trinajstić information content (AvgIpc) is 2.13. The van der Waals surface area contributed by atoms with Gasteiger partial charge in [-0.05, 0) is 29.0 Å². The third-order valence-corrected chi connectivity index (χ3v) is 3.22. The fourth-order valence-corrected chi connectivity index (χ4v) is 1.85. The number of halogens is 1. The molecule has 13 heavy (non-hydrogen) atoms. The van der Waals surface area contributed by atoms with Gasteiger partial charge in [0, 0.05) is 5.56 Å². The predicted octanol–water partition coefficient (Wildman–Crippen LogP) is 1.18. The largest absolute Gasteiger partial charge is 0.398 e. The number of nitrogen functional groups attached to an aromatic ring is 4. The molecule has 0 fully saturated rings. The van der Waals surface area contributed by atoms with Crippen molar-refractivity contribution in [2.75, 3.05) is 22.9 Å². The summed E-state index contributed by atoms with van der Waals surface area (Å²) in [6, 6.07) is 0. The lowest BCUT2D eigenvalue weighted by Crippen LogP contribution is -2.09. The summed E-state index contributed by atoms with van der Waals surface area (Å²) in [6.07, 6.45) is 0.762. The third-order valence-electron chi connectivity index (χ3n) is 2.06. The van der Waals surface area contributed by atoms with E-state index in [4.69, 9.17) is 22.9 Å². The lowest BCUT2D eigenvalue weighted by atomic mass is 10.1. The van der Waals surface area contributed by atoms with Crippen LogP contribution in [0.2, 0.25) is 0 Å². The molecule has 0 bridgehead atoms. The predicted molar refractivity (Wildman–Crippen MR) is 66.2 cm³/mol. The minimum absolute atomic E-state index is 0.440. The van der Waals surface area contributed by atoms with E-state index >= 15 is 0 Å². The molecule has 8 N–H and O–H groups in total. The van der Waals surface area contributed by atoms with Crippen molar-refractivity contribution in [1.29, 1.82) is 0 Å². The quantitative estimate of drug-likeness (QED) is 0.461. The Morgan fingerprint density at radius 1 is 0.923 bits per heavy atom. The van der Waals surface area contributed by atoms with E-state index in [-0.39, 0.29) is 0 Å². The van der Waals surface area contributed by atoms with Crippen molar-refractivity contribution in [2.24, 2.45) is 0 Å². The summed E-state index contributed by atoms with van der Waals surface area (Å²) in [6.45, 7) is 1.98. The molecule has 0 unspecified atom stereocenters. The Balaban J connectivity index is 3.56. The molecule has 0 spiro atoms. The molecule has 0 aromatic heterocycles. The van der Waals surface area contributed by atoms with Crippen molar-refractivity contribution in [1.82, 2.24) is 0 Å². The summed E-state index contributed by atoms with van der Waals surface area (Å²) >= 11 is 2.07. The summed E-state index contributed by atoms with van der Waals surface area (Å²) < 4.78 is 0.793.